The zero-order chi connectivity index (χ0) is 27.2. The van der Waals surface area contributed by atoms with Gasteiger partial charge in [0, 0.05) is 63.3 Å². The number of aromatic nitrogens is 2. The van der Waals surface area contributed by atoms with Gasteiger partial charge in [0.1, 0.15) is 0 Å². The molecule has 2 aromatic carbocycles. The van der Waals surface area contributed by atoms with Crippen molar-refractivity contribution in [3.05, 3.63) is 132 Å². The van der Waals surface area contributed by atoms with Crippen molar-refractivity contribution in [3.8, 4) is 0 Å². The first-order valence-corrected chi connectivity index (χ1v) is 13.3. The van der Waals surface area contributed by atoms with E-state index < -0.39 is 0 Å². The lowest BCUT2D eigenvalue weighted by atomic mass is 9.92. The Morgan fingerprint density at radius 2 is 1.71 bits per heavy atom. The van der Waals surface area contributed by atoms with E-state index in [1.807, 2.05) is 25.1 Å². The fourth-order valence-corrected chi connectivity index (χ4v) is 4.89. The molecule has 8 heteroatoms. The van der Waals surface area contributed by atoms with Crippen molar-refractivity contribution >= 4 is 46.3 Å². The number of carbonyl (C=O) groups excluding carboxylic acids is 1. The Balaban J connectivity index is 1.43. The van der Waals surface area contributed by atoms with Crippen molar-refractivity contribution in [2.75, 3.05) is 0 Å². The number of carbonyl (C=O) groups is 1. The van der Waals surface area contributed by atoms with Crippen LogP contribution in [0.4, 0.5) is 0 Å². The van der Waals surface area contributed by atoms with Crippen LogP contribution in [-0.2, 0) is 13.0 Å². The van der Waals surface area contributed by atoms with Gasteiger partial charge in [0.15, 0.2) is 5.78 Å². The molecular formula is C30H26Cl3N3O2. The zero-order valence-corrected chi connectivity index (χ0v) is 23.0. The van der Waals surface area contributed by atoms with E-state index in [0.29, 0.717) is 52.2 Å². The van der Waals surface area contributed by atoms with Gasteiger partial charge in [0.2, 0.25) is 0 Å². The van der Waals surface area contributed by atoms with Crippen LogP contribution in [0.1, 0.15) is 52.4 Å². The normalized spacial score (nSPS) is 11.8. The summed E-state index contributed by atoms with van der Waals surface area (Å²) in [5.41, 5.74) is 3.99. The fourth-order valence-electron chi connectivity index (χ4n) is 4.20. The minimum absolute atomic E-state index is 0.0222. The van der Waals surface area contributed by atoms with Gasteiger partial charge in [-0.2, -0.15) is 0 Å². The van der Waals surface area contributed by atoms with E-state index in [-0.39, 0.29) is 17.3 Å². The smallest absolute Gasteiger partial charge is 0.250 e. The first-order chi connectivity index (χ1) is 18.2. The molecule has 0 aliphatic rings. The van der Waals surface area contributed by atoms with Gasteiger partial charge in [-0.05, 0) is 71.5 Å². The van der Waals surface area contributed by atoms with Crippen LogP contribution in [0.5, 0.6) is 0 Å². The van der Waals surface area contributed by atoms with Crippen molar-refractivity contribution in [3.63, 3.8) is 0 Å². The summed E-state index contributed by atoms with van der Waals surface area (Å²) in [6, 6.07) is 17.6. The first-order valence-electron chi connectivity index (χ1n) is 12.1. The molecule has 38 heavy (non-hydrogen) atoms. The van der Waals surface area contributed by atoms with Gasteiger partial charge in [-0.3, -0.25) is 14.6 Å². The van der Waals surface area contributed by atoms with Gasteiger partial charge in [0.05, 0.1) is 6.54 Å². The van der Waals surface area contributed by atoms with Crippen LogP contribution in [0, 0.1) is 11.3 Å². The van der Waals surface area contributed by atoms with Crippen LogP contribution in [0.25, 0.3) is 0 Å². The number of nitrogens with zero attached hydrogens (tertiary/aromatic N) is 2. The Morgan fingerprint density at radius 1 is 0.947 bits per heavy atom. The Bertz CT molecular complexity index is 1550. The molecule has 5 nitrogen and oxygen atoms in total. The van der Waals surface area contributed by atoms with Gasteiger partial charge in [0.25, 0.3) is 5.56 Å². The van der Waals surface area contributed by atoms with Gasteiger partial charge in [-0.25, -0.2) is 0 Å². The summed E-state index contributed by atoms with van der Waals surface area (Å²) in [6.07, 6.45) is 6.44. The number of pyridine rings is 2. The zero-order valence-electron chi connectivity index (χ0n) is 20.8. The average molecular weight is 567 g/mol. The van der Waals surface area contributed by atoms with E-state index in [2.05, 4.69) is 4.98 Å². The molecule has 0 bridgehead atoms. The molecule has 0 saturated carbocycles. The number of Topliss-reactive ketones (excluding diaryl/α,β-unsaturated/α-hetero) is 1. The van der Waals surface area contributed by atoms with E-state index in [4.69, 9.17) is 40.2 Å². The quantitative estimate of drug-likeness (QED) is 0.159. The summed E-state index contributed by atoms with van der Waals surface area (Å²) in [4.78, 5) is 29.4. The maximum atomic E-state index is 13.1. The number of hydrogen-bond acceptors (Lipinski definition) is 4. The molecule has 1 N–H and O–H groups in total. The second-order valence-corrected chi connectivity index (χ2v) is 10.5. The summed E-state index contributed by atoms with van der Waals surface area (Å²) < 4.78 is 1.56. The molecule has 1 unspecified atom stereocenters. The summed E-state index contributed by atoms with van der Waals surface area (Å²) in [6.45, 7) is 2.18. The maximum Gasteiger partial charge on any atom is 0.250 e. The summed E-state index contributed by atoms with van der Waals surface area (Å²) >= 11 is 19.2. The Kier molecular flexibility index (Phi) is 9.16. The van der Waals surface area contributed by atoms with Crippen molar-refractivity contribution in [1.82, 2.24) is 9.55 Å². The number of nitrogens with one attached hydrogen (secondary N) is 1. The van der Waals surface area contributed by atoms with Crippen LogP contribution in [-0.4, -0.2) is 21.0 Å². The Labute approximate surface area is 236 Å². The maximum absolute atomic E-state index is 13.1. The van der Waals surface area contributed by atoms with E-state index in [1.165, 1.54) is 6.07 Å². The van der Waals surface area contributed by atoms with Crippen LogP contribution in [0.15, 0.2) is 84.0 Å². The lowest BCUT2D eigenvalue weighted by molar-refractivity contribution is 0.0925. The van der Waals surface area contributed by atoms with Gasteiger partial charge < -0.3 is 9.98 Å². The van der Waals surface area contributed by atoms with Gasteiger partial charge >= 0.3 is 0 Å². The van der Waals surface area contributed by atoms with Crippen molar-refractivity contribution < 1.29 is 4.79 Å². The highest BCUT2D eigenvalue weighted by atomic mass is 35.5. The highest BCUT2D eigenvalue weighted by Gasteiger charge is 2.18. The lowest BCUT2D eigenvalue weighted by Gasteiger charge is -2.13. The molecule has 0 aliphatic carbocycles. The van der Waals surface area contributed by atoms with Crippen LogP contribution < -0.4 is 5.56 Å². The third-order valence-electron chi connectivity index (χ3n) is 6.38. The third kappa shape index (κ3) is 6.98. The topological polar surface area (TPSA) is 75.8 Å². The van der Waals surface area contributed by atoms with E-state index in [1.54, 1.807) is 59.6 Å². The van der Waals surface area contributed by atoms with E-state index >= 15 is 0 Å². The second kappa shape index (κ2) is 12.5. The predicted molar refractivity (Wildman–Crippen MR) is 154 cm³/mol. The third-order valence-corrected chi connectivity index (χ3v) is 7.32. The molecule has 0 spiro atoms. The minimum atomic E-state index is -0.273. The molecule has 0 amide bonds. The summed E-state index contributed by atoms with van der Waals surface area (Å²) in [7, 11) is 0. The SMILES string of the molecule is CC(CCC(=N)c1cccc(Cl)c1)C(=O)c1cncc(Cc2cc(Cl)c(Cn3ccccc3=O)cc2Cl)c1. The molecule has 1 atom stereocenters. The van der Waals surface area contributed by atoms with Crippen molar-refractivity contribution in [2.24, 2.45) is 5.92 Å². The lowest BCUT2D eigenvalue weighted by Crippen LogP contribution is -2.18. The monoisotopic (exact) mass is 565 g/mol. The second-order valence-electron chi connectivity index (χ2n) is 9.25. The first kappa shape index (κ1) is 27.8. The number of hydrogen-bond donors (Lipinski definition) is 1. The molecule has 0 radical (unpaired) electrons. The van der Waals surface area contributed by atoms with Crippen LogP contribution in [0.2, 0.25) is 15.1 Å². The number of rotatable bonds is 10. The molecule has 2 aromatic heterocycles. The summed E-state index contributed by atoms with van der Waals surface area (Å²) in [5, 5.41) is 9.95. The predicted octanol–water partition coefficient (Wildman–Crippen LogP) is 7.51. The van der Waals surface area contributed by atoms with E-state index in [9.17, 15) is 9.59 Å². The Morgan fingerprint density at radius 3 is 2.47 bits per heavy atom. The molecule has 194 valence electrons. The summed E-state index contributed by atoms with van der Waals surface area (Å²) in [5.74, 6) is -0.295. The van der Waals surface area contributed by atoms with E-state index in [0.717, 1.165) is 22.3 Å². The van der Waals surface area contributed by atoms with Crippen molar-refractivity contribution in [2.45, 2.75) is 32.7 Å². The number of benzene rings is 2. The average Bonchev–Trinajstić information content (AvgIpc) is 2.91. The van der Waals surface area contributed by atoms with Crippen LogP contribution in [0.3, 0.4) is 0 Å². The molecule has 0 fully saturated rings. The Hall–Kier alpha value is -3.25. The van der Waals surface area contributed by atoms with Gasteiger partial charge in [-0.1, -0.05) is 59.9 Å². The minimum Gasteiger partial charge on any atom is -0.311 e. The molecule has 2 heterocycles. The van der Waals surface area contributed by atoms with Gasteiger partial charge in [-0.15, -0.1) is 0 Å². The highest BCUT2D eigenvalue weighted by Crippen LogP contribution is 2.28. The number of halogens is 3. The number of ketones is 1. The molecule has 4 aromatic rings. The molecule has 0 saturated heterocycles. The van der Waals surface area contributed by atoms with Crippen LogP contribution >= 0.6 is 34.8 Å². The molecule has 0 aliphatic heterocycles. The fraction of sp³-hybridized carbons (Fsp3) is 0.200. The largest absolute Gasteiger partial charge is 0.311 e. The standard InChI is InChI=1S/C30H26Cl3N3O2/c1-19(8-9-28(34)21-5-4-6-25(31)13-21)30(38)23-12-20(16-35-17-23)11-22-14-27(33)24(15-26(22)32)18-36-10-3-2-7-29(36)37/h2-7,10,12-17,19,34H,8-9,11,18H2,1H3. The highest BCUT2D eigenvalue weighted by molar-refractivity contribution is 6.34. The molecular weight excluding hydrogens is 541 g/mol. The molecule has 4 rings (SSSR count). The van der Waals surface area contributed by atoms with Crippen molar-refractivity contribution in [1.29, 1.82) is 5.41 Å².